The van der Waals surface area contributed by atoms with E-state index in [0.29, 0.717) is 0 Å². The molecule has 2 N–H and O–H groups in total. The summed E-state index contributed by atoms with van der Waals surface area (Å²) in [5.74, 6) is 0. The van der Waals surface area contributed by atoms with E-state index >= 15 is 0 Å². The summed E-state index contributed by atoms with van der Waals surface area (Å²) in [7, 11) is 0. The second-order valence-corrected chi connectivity index (χ2v) is 5.81. The molecule has 0 aliphatic heterocycles. The molecule has 0 heterocycles. The van der Waals surface area contributed by atoms with E-state index in [1.807, 2.05) is 0 Å². The molecule has 0 aliphatic carbocycles. The zero-order valence-electron chi connectivity index (χ0n) is 13.0. The highest BCUT2D eigenvalue weighted by atomic mass is 15.3. The van der Waals surface area contributed by atoms with Crippen molar-refractivity contribution in [3.8, 4) is 0 Å². The molecular formula is C19H27N2+. The highest BCUT2D eigenvalue weighted by Crippen LogP contribution is 2.20. The first kappa shape index (κ1) is 15.7. The number of quaternary nitrogens is 1. The molecule has 2 aromatic carbocycles. The van der Waals surface area contributed by atoms with E-state index in [9.17, 15) is 0 Å². The Hall–Kier alpha value is -1.64. The van der Waals surface area contributed by atoms with Gasteiger partial charge >= 0.3 is 0 Å². The number of rotatable bonds is 8. The molecule has 0 fully saturated rings. The van der Waals surface area contributed by atoms with Crippen molar-refractivity contribution >= 4 is 0 Å². The van der Waals surface area contributed by atoms with Gasteiger partial charge in [0.15, 0.2) is 0 Å². The maximum atomic E-state index is 5.77. The summed E-state index contributed by atoms with van der Waals surface area (Å²) in [4.78, 5) is 0. The molecule has 2 heteroatoms. The molecule has 2 nitrogen and oxygen atoms in total. The molecule has 0 aliphatic rings. The molecule has 0 radical (unpaired) electrons. The van der Waals surface area contributed by atoms with Crippen molar-refractivity contribution < 1.29 is 4.48 Å². The summed E-state index contributed by atoms with van der Waals surface area (Å²) in [5, 5.41) is 0. The average Bonchev–Trinajstić information content (AvgIpc) is 2.54. The van der Waals surface area contributed by atoms with Crippen LogP contribution in [0.3, 0.4) is 0 Å². The van der Waals surface area contributed by atoms with Crippen LogP contribution in [-0.4, -0.2) is 24.1 Å². The Morgan fingerprint density at radius 1 is 0.810 bits per heavy atom. The van der Waals surface area contributed by atoms with Crippen LogP contribution in [0.15, 0.2) is 60.7 Å². The third kappa shape index (κ3) is 4.69. The van der Waals surface area contributed by atoms with Crippen LogP contribution in [0.1, 0.15) is 24.5 Å². The quantitative estimate of drug-likeness (QED) is 0.736. The Bertz CT molecular complexity index is 466. The van der Waals surface area contributed by atoms with E-state index in [1.165, 1.54) is 11.1 Å². The molecule has 2 rings (SSSR count). The molecule has 0 saturated heterocycles. The van der Waals surface area contributed by atoms with Gasteiger partial charge in [-0.2, -0.15) is 0 Å². The van der Waals surface area contributed by atoms with E-state index in [1.54, 1.807) is 0 Å². The summed E-state index contributed by atoms with van der Waals surface area (Å²) in [6, 6.07) is 21.6. The van der Waals surface area contributed by atoms with Crippen molar-refractivity contribution in [2.45, 2.75) is 26.4 Å². The molecule has 0 spiro atoms. The van der Waals surface area contributed by atoms with Gasteiger partial charge in [-0.3, -0.25) is 0 Å². The molecule has 0 bridgehead atoms. The van der Waals surface area contributed by atoms with Gasteiger partial charge < -0.3 is 10.2 Å². The lowest BCUT2D eigenvalue weighted by molar-refractivity contribution is -0.952. The molecule has 0 atom stereocenters. The Kier molecular flexibility index (Phi) is 5.97. The van der Waals surface area contributed by atoms with E-state index in [2.05, 4.69) is 67.6 Å². The van der Waals surface area contributed by atoms with Crippen molar-refractivity contribution in [1.82, 2.24) is 0 Å². The maximum absolute atomic E-state index is 5.77. The topological polar surface area (TPSA) is 26.0 Å². The van der Waals surface area contributed by atoms with Gasteiger partial charge in [-0.05, 0) is 13.5 Å². The van der Waals surface area contributed by atoms with E-state index in [4.69, 9.17) is 5.73 Å². The van der Waals surface area contributed by atoms with Crippen molar-refractivity contribution in [2.24, 2.45) is 5.73 Å². The van der Waals surface area contributed by atoms with Gasteiger partial charge in [-0.1, -0.05) is 60.7 Å². The molecule has 0 unspecified atom stereocenters. The fourth-order valence-electron chi connectivity index (χ4n) is 2.96. The number of hydrogen-bond donors (Lipinski definition) is 1. The van der Waals surface area contributed by atoms with Crippen LogP contribution >= 0.6 is 0 Å². The van der Waals surface area contributed by atoms with Gasteiger partial charge in [0.1, 0.15) is 13.1 Å². The minimum absolute atomic E-state index is 0.767. The summed E-state index contributed by atoms with van der Waals surface area (Å²) in [6.07, 6.45) is 1.08. The lowest BCUT2D eigenvalue weighted by Gasteiger charge is -2.38. The summed E-state index contributed by atoms with van der Waals surface area (Å²) in [5.41, 5.74) is 8.59. The van der Waals surface area contributed by atoms with Gasteiger partial charge in [-0.15, -0.1) is 0 Å². The SMILES string of the molecule is CC[N+](CCCN)(Cc1ccccc1)Cc1ccccc1. The van der Waals surface area contributed by atoms with Crippen molar-refractivity contribution in [1.29, 1.82) is 0 Å². The van der Waals surface area contributed by atoms with E-state index < -0.39 is 0 Å². The predicted molar refractivity (Wildman–Crippen MR) is 89.6 cm³/mol. The summed E-state index contributed by atoms with van der Waals surface area (Å²) < 4.78 is 1.07. The number of nitrogens with zero attached hydrogens (tertiary/aromatic N) is 1. The molecule has 0 aromatic heterocycles. The first-order valence-corrected chi connectivity index (χ1v) is 7.91. The van der Waals surface area contributed by atoms with E-state index in [-0.39, 0.29) is 0 Å². The first-order valence-electron chi connectivity index (χ1n) is 7.91. The van der Waals surface area contributed by atoms with Gasteiger partial charge in [0, 0.05) is 17.5 Å². The maximum Gasteiger partial charge on any atom is 0.105 e. The Morgan fingerprint density at radius 3 is 1.67 bits per heavy atom. The molecule has 112 valence electrons. The zero-order valence-corrected chi connectivity index (χ0v) is 13.0. The van der Waals surface area contributed by atoms with Crippen LogP contribution in [0.2, 0.25) is 0 Å². The van der Waals surface area contributed by atoms with Gasteiger partial charge in [0.2, 0.25) is 0 Å². The monoisotopic (exact) mass is 283 g/mol. The van der Waals surface area contributed by atoms with Crippen LogP contribution in [-0.2, 0) is 13.1 Å². The van der Waals surface area contributed by atoms with Crippen LogP contribution in [0, 0.1) is 0 Å². The Balaban J connectivity index is 2.20. The molecule has 0 amide bonds. The Morgan fingerprint density at radius 2 is 1.29 bits per heavy atom. The fourth-order valence-corrected chi connectivity index (χ4v) is 2.96. The molecular weight excluding hydrogens is 256 g/mol. The third-order valence-electron chi connectivity index (χ3n) is 4.23. The second-order valence-electron chi connectivity index (χ2n) is 5.81. The highest BCUT2D eigenvalue weighted by molar-refractivity contribution is 5.15. The summed E-state index contributed by atoms with van der Waals surface area (Å²) >= 11 is 0. The minimum Gasteiger partial charge on any atom is -0.330 e. The van der Waals surface area contributed by atoms with Crippen molar-refractivity contribution in [2.75, 3.05) is 19.6 Å². The van der Waals surface area contributed by atoms with Crippen LogP contribution in [0.4, 0.5) is 0 Å². The van der Waals surface area contributed by atoms with Gasteiger partial charge in [0.05, 0.1) is 13.1 Å². The van der Waals surface area contributed by atoms with Crippen LogP contribution in [0.25, 0.3) is 0 Å². The standard InChI is InChI=1S/C19H27N2/c1-2-21(15-9-14-20,16-18-10-5-3-6-11-18)17-19-12-7-4-8-13-19/h3-8,10-13H,2,9,14-17,20H2,1H3/q+1. The molecule has 2 aromatic rings. The second kappa shape index (κ2) is 7.96. The van der Waals surface area contributed by atoms with Gasteiger partial charge in [-0.25, -0.2) is 0 Å². The zero-order chi connectivity index (χ0) is 15.0. The highest BCUT2D eigenvalue weighted by Gasteiger charge is 2.25. The smallest absolute Gasteiger partial charge is 0.105 e. The van der Waals surface area contributed by atoms with Crippen LogP contribution in [0.5, 0.6) is 0 Å². The van der Waals surface area contributed by atoms with Crippen molar-refractivity contribution in [3.63, 3.8) is 0 Å². The van der Waals surface area contributed by atoms with Crippen LogP contribution < -0.4 is 5.73 Å². The fraction of sp³-hybridized carbons (Fsp3) is 0.368. The number of nitrogens with two attached hydrogens (primary N) is 1. The van der Waals surface area contributed by atoms with Gasteiger partial charge in [0.25, 0.3) is 0 Å². The largest absolute Gasteiger partial charge is 0.330 e. The number of hydrogen-bond acceptors (Lipinski definition) is 1. The normalized spacial score (nSPS) is 11.5. The van der Waals surface area contributed by atoms with E-state index in [0.717, 1.165) is 43.6 Å². The van der Waals surface area contributed by atoms with Crippen molar-refractivity contribution in [3.05, 3.63) is 71.8 Å². The molecule has 21 heavy (non-hydrogen) atoms. The lowest BCUT2D eigenvalue weighted by Crippen LogP contribution is -2.47. The number of benzene rings is 2. The Labute approximate surface area is 128 Å². The first-order chi connectivity index (χ1) is 10.3. The summed E-state index contributed by atoms with van der Waals surface area (Å²) in [6.45, 7) is 7.48. The lowest BCUT2D eigenvalue weighted by atomic mass is 10.1. The third-order valence-corrected chi connectivity index (χ3v) is 4.23. The molecule has 0 saturated carbocycles. The predicted octanol–water partition coefficient (Wildman–Crippen LogP) is 3.57. The minimum atomic E-state index is 0.767. The average molecular weight is 283 g/mol.